The van der Waals surface area contributed by atoms with E-state index in [9.17, 15) is 18.0 Å². The minimum Gasteiger partial charge on any atom is -0.496 e. The highest BCUT2D eigenvalue weighted by atomic mass is 19.4. The van der Waals surface area contributed by atoms with Crippen LogP contribution in [0, 0.1) is 5.92 Å². The summed E-state index contributed by atoms with van der Waals surface area (Å²) in [6, 6.07) is 2.79. The van der Waals surface area contributed by atoms with Gasteiger partial charge in [-0.3, -0.25) is 4.79 Å². The second-order valence-corrected chi connectivity index (χ2v) is 8.01. The Kier molecular flexibility index (Phi) is 12.2. The summed E-state index contributed by atoms with van der Waals surface area (Å²) in [4.78, 5) is 13.5. The fraction of sp³-hybridized carbons (Fsp3) is 0.720. The van der Waals surface area contributed by atoms with E-state index >= 15 is 0 Å². The fourth-order valence-electron chi connectivity index (χ4n) is 4.72. The maximum Gasteiger partial charge on any atom is 0.416 e. The largest absolute Gasteiger partial charge is 0.496 e. The van der Waals surface area contributed by atoms with Gasteiger partial charge in [0.15, 0.2) is 6.29 Å². The van der Waals surface area contributed by atoms with Crippen molar-refractivity contribution >= 4 is 6.29 Å². The normalized spacial score (nSPS) is 21.0. The lowest BCUT2D eigenvalue weighted by Crippen LogP contribution is -2.35. The molecule has 0 spiro atoms. The average Bonchev–Trinajstić information content (AvgIpc) is 3.46. The Morgan fingerprint density at radius 2 is 1.74 bits per heavy atom. The molecule has 1 heterocycles. The monoisotopic (exact) mass is 443 g/mol. The van der Waals surface area contributed by atoms with Gasteiger partial charge in [-0.2, -0.15) is 13.2 Å². The van der Waals surface area contributed by atoms with Crippen LogP contribution in [0.25, 0.3) is 0 Å². The first-order chi connectivity index (χ1) is 14.8. The molecular formula is C25H40F3NO2. The molecule has 0 bridgehead atoms. The van der Waals surface area contributed by atoms with E-state index in [1.54, 1.807) is 6.92 Å². The number of hydrogen-bond acceptors (Lipinski definition) is 3. The molecule has 1 aliphatic carbocycles. The summed E-state index contributed by atoms with van der Waals surface area (Å²) < 4.78 is 42.3. The maximum absolute atomic E-state index is 12.5. The molecule has 1 aliphatic heterocycles. The zero-order valence-corrected chi connectivity index (χ0v) is 19.9. The van der Waals surface area contributed by atoms with E-state index in [1.165, 1.54) is 65.1 Å². The molecular weight excluding hydrogens is 403 g/mol. The lowest BCUT2D eigenvalue weighted by atomic mass is 9.97. The van der Waals surface area contributed by atoms with Crippen molar-refractivity contribution in [1.82, 2.24) is 4.90 Å². The van der Waals surface area contributed by atoms with Crippen LogP contribution < -0.4 is 4.74 Å². The number of likely N-dealkylation sites (tertiary alicyclic amines) is 1. The van der Waals surface area contributed by atoms with Crippen LogP contribution in [-0.2, 0) is 12.6 Å². The number of aldehydes is 1. The molecule has 3 rings (SSSR count). The van der Waals surface area contributed by atoms with Gasteiger partial charge >= 0.3 is 6.18 Å². The lowest BCUT2D eigenvalue weighted by Gasteiger charge is -2.28. The fourth-order valence-corrected chi connectivity index (χ4v) is 4.72. The van der Waals surface area contributed by atoms with Gasteiger partial charge in [-0.1, -0.05) is 40.5 Å². The second kappa shape index (κ2) is 13.8. The van der Waals surface area contributed by atoms with Crippen molar-refractivity contribution < 1.29 is 22.7 Å². The van der Waals surface area contributed by atoms with Crippen molar-refractivity contribution in [2.45, 2.75) is 91.3 Å². The molecule has 2 atom stereocenters. The van der Waals surface area contributed by atoms with E-state index in [0.29, 0.717) is 18.3 Å². The molecule has 3 nitrogen and oxygen atoms in total. The molecule has 1 aromatic carbocycles. The highest BCUT2D eigenvalue weighted by Gasteiger charge is 2.33. The third-order valence-corrected chi connectivity index (χ3v) is 6.16. The molecule has 6 heteroatoms. The highest BCUT2D eigenvalue weighted by molar-refractivity contribution is 5.82. The standard InChI is InChI=1S/C12H23N.C11H11F3O2.C2H6/c1-2-6-11-7-5-8-12(11)13-9-3-4-10-13;1-3-7-4-8(11(12,13)14)5-10(16-2)9(7)6-15;1-2/h11-12H,2-10H2,1H3;4-6H,3H2,1-2H3;1-2H3. The number of carbonyl (C=O) groups excluding carboxylic acids is 1. The molecule has 31 heavy (non-hydrogen) atoms. The highest BCUT2D eigenvalue weighted by Crippen LogP contribution is 2.35. The maximum atomic E-state index is 12.5. The summed E-state index contributed by atoms with van der Waals surface area (Å²) in [6.07, 6.45) is 6.68. The Morgan fingerprint density at radius 1 is 1.10 bits per heavy atom. The van der Waals surface area contributed by atoms with Gasteiger partial charge in [-0.15, -0.1) is 0 Å². The van der Waals surface area contributed by atoms with Gasteiger partial charge in [-0.05, 0) is 75.2 Å². The van der Waals surface area contributed by atoms with Crippen molar-refractivity contribution in [1.29, 1.82) is 0 Å². The van der Waals surface area contributed by atoms with Crippen LogP contribution in [0.1, 0.15) is 94.1 Å². The first-order valence-electron chi connectivity index (χ1n) is 11.8. The minimum atomic E-state index is -4.43. The first-order valence-corrected chi connectivity index (χ1v) is 11.8. The summed E-state index contributed by atoms with van der Waals surface area (Å²) in [5.74, 6) is 1.00. The molecule has 0 aromatic heterocycles. The van der Waals surface area contributed by atoms with Crippen molar-refractivity contribution in [3.8, 4) is 5.75 Å². The molecule has 1 saturated carbocycles. The molecule has 0 radical (unpaired) electrons. The molecule has 0 amide bonds. The third-order valence-electron chi connectivity index (χ3n) is 6.16. The van der Waals surface area contributed by atoms with Crippen LogP contribution in [0.15, 0.2) is 12.1 Å². The SMILES string of the molecule is CC.CCCC1CCCC1N1CCCC1.CCc1cc(C(F)(F)F)cc(OC)c1C=O. The number of rotatable bonds is 6. The van der Waals surface area contributed by atoms with E-state index in [1.807, 2.05) is 13.8 Å². The Balaban J connectivity index is 0.000000291. The van der Waals surface area contributed by atoms with Crippen molar-refractivity contribution in [2.75, 3.05) is 20.2 Å². The predicted octanol–water partition coefficient (Wildman–Crippen LogP) is 7.17. The second-order valence-electron chi connectivity index (χ2n) is 8.01. The summed E-state index contributed by atoms with van der Waals surface area (Å²) in [5.41, 5.74) is -0.286. The number of aryl methyl sites for hydroxylation is 1. The van der Waals surface area contributed by atoms with E-state index in [0.717, 1.165) is 24.1 Å². The van der Waals surface area contributed by atoms with E-state index in [-0.39, 0.29) is 11.3 Å². The van der Waals surface area contributed by atoms with Gasteiger partial charge in [0.2, 0.25) is 0 Å². The van der Waals surface area contributed by atoms with Gasteiger partial charge in [0.25, 0.3) is 0 Å². The smallest absolute Gasteiger partial charge is 0.416 e. The summed E-state index contributed by atoms with van der Waals surface area (Å²) in [5, 5.41) is 0. The third kappa shape index (κ3) is 7.81. The molecule has 0 N–H and O–H groups in total. The molecule has 1 aromatic rings. The molecule has 1 saturated heterocycles. The zero-order valence-electron chi connectivity index (χ0n) is 19.9. The average molecular weight is 444 g/mol. The number of methoxy groups -OCH3 is 1. The molecule has 178 valence electrons. The van der Waals surface area contributed by atoms with Crippen molar-refractivity contribution in [3.63, 3.8) is 0 Å². The minimum absolute atomic E-state index is 0.0401. The van der Waals surface area contributed by atoms with Gasteiger partial charge in [0.1, 0.15) is 5.75 Å². The lowest BCUT2D eigenvalue weighted by molar-refractivity contribution is -0.137. The Labute approximate surface area is 186 Å². The Hall–Kier alpha value is -1.56. The van der Waals surface area contributed by atoms with Gasteiger partial charge < -0.3 is 9.64 Å². The molecule has 2 unspecified atom stereocenters. The number of benzene rings is 1. The van der Waals surface area contributed by atoms with Crippen LogP contribution in [0.4, 0.5) is 13.2 Å². The number of hydrogen-bond donors (Lipinski definition) is 0. The number of carbonyl (C=O) groups is 1. The van der Waals surface area contributed by atoms with Crippen molar-refractivity contribution in [3.05, 3.63) is 28.8 Å². The van der Waals surface area contributed by atoms with Crippen LogP contribution in [0.3, 0.4) is 0 Å². The van der Waals surface area contributed by atoms with Crippen LogP contribution in [0.2, 0.25) is 0 Å². The van der Waals surface area contributed by atoms with Gasteiger partial charge in [-0.25, -0.2) is 0 Å². The number of halogens is 3. The topological polar surface area (TPSA) is 29.5 Å². The first kappa shape index (κ1) is 27.5. The number of ether oxygens (including phenoxy) is 1. The van der Waals surface area contributed by atoms with Crippen LogP contribution >= 0.6 is 0 Å². The zero-order chi connectivity index (χ0) is 23.4. The molecule has 2 fully saturated rings. The van der Waals surface area contributed by atoms with E-state index in [4.69, 9.17) is 4.74 Å². The van der Waals surface area contributed by atoms with Gasteiger partial charge in [0.05, 0.1) is 18.2 Å². The van der Waals surface area contributed by atoms with E-state index < -0.39 is 11.7 Å². The number of nitrogens with zero attached hydrogens (tertiary/aromatic N) is 1. The van der Waals surface area contributed by atoms with Crippen LogP contribution in [-0.4, -0.2) is 37.4 Å². The molecule has 2 aliphatic rings. The van der Waals surface area contributed by atoms with Crippen LogP contribution in [0.5, 0.6) is 5.75 Å². The predicted molar refractivity (Wildman–Crippen MR) is 121 cm³/mol. The van der Waals surface area contributed by atoms with Crippen molar-refractivity contribution in [2.24, 2.45) is 5.92 Å². The summed E-state index contributed by atoms with van der Waals surface area (Å²) in [6.45, 7) is 10.8. The summed E-state index contributed by atoms with van der Waals surface area (Å²) >= 11 is 0. The summed E-state index contributed by atoms with van der Waals surface area (Å²) in [7, 11) is 1.24. The Morgan fingerprint density at radius 3 is 2.23 bits per heavy atom. The van der Waals surface area contributed by atoms with Gasteiger partial charge in [0, 0.05) is 6.04 Å². The quantitative estimate of drug-likeness (QED) is 0.437. The van der Waals surface area contributed by atoms with E-state index in [2.05, 4.69) is 11.8 Å². The Bertz CT molecular complexity index is 630. The number of alkyl halides is 3.